The fourth-order valence-electron chi connectivity index (χ4n) is 2.68. The highest BCUT2D eigenvalue weighted by Gasteiger charge is 2.23. The second-order valence-electron chi connectivity index (χ2n) is 5.37. The quantitative estimate of drug-likeness (QED) is 0.521. The zero-order valence-corrected chi connectivity index (χ0v) is 14.6. The van der Waals surface area contributed by atoms with E-state index in [1.54, 1.807) is 18.2 Å². The van der Waals surface area contributed by atoms with E-state index < -0.39 is 0 Å². The molecule has 24 heavy (non-hydrogen) atoms. The Labute approximate surface area is 143 Å². The van der Waals surface area contributed by atoms with Crippen LogP contribution in [0.3, 0.4) is 0 Å². The molecule has 0 bridgehead atoms. The number of imidazole rings is 1. The second-order valence-corrected chi connectivity index (χ2v) is 6.35. The van der Waals surface area contributed by atoms with Crippen LogP contribution in [0.15, 0.2) is 24.3 Å². The van der Waals surface area contributed by atoms with Crippen molar-refractivity contribution in [1.82, 2.24) is 9.38 Å². The molecule has 124 valence electrons. The number of aromatic nitrogens is 2. The Bertz CT molecular complexity index is 907. The molecule has 0 N–H and O–H groups in total. The minimum absolute atomic E-state index is 0.314. The molecule has 2 heterocycles. The van der Waals surface area contributed by atoms with Crippen molar-refractivity contribution in [1.29, 1.82) is 0 Å². The molecule has 6 heteroatoms. The van der Waals surface area contributed by atoms with Gasteiger partial charge in [0, 0.05) is 11.3 Å². The molecule has 0 saturated heterocycles. The molecule has 0 saturated carbocycles. The van der Waals surface area contributed by atoms with E-state index >= 15 is 0 Å². The predicted molar refractivity (Wildman–Crippen MR) is 94.0 cm³/mol. The summed E-state index contributed by atoms with van der Waals surface area (Å²) in [6, 6.07) is 8.02. The average molecular weight is 342 g/mol. The van der Waals surface area contributed by atoms with Crippen LogP contribution in [0.2, 0.25) is 0 Å². The molecule has 0 spiro atoms. The SMILES string of the molecule is CCOC(=O)c1sc2nc(-c3ccc(CC)cc3)c(C=O)n2c1C. The predicted octanol–water partition coefficient (Wildman–Crippen LogP) is 3.92. The van der Waals surface area contributed by atoms with Crippen molar-refractivity contribution in [3.63, 3.8) is 0 Å². The Kier molecular flexibility index (Phi) is 4.49. The Morgan fingerprint density at radius 1 is 1.29 bits per heavy atom. The molecular weight excluding hydrogens is 324 g/mol. The van der Waals surface area contributed by atoms with Gasteiger partial charge in [-0.3, -0.25) is 9.20 Å². The molecule has 0 fully saturated rings. The van der Waals surface area contributed by atoms with Crippen molar-refractivity contribution in [2.24, 2.45) is 0 Å². The number of hydrogen-bond donors (Lipinski definition) is 0. The maximum atomic E-state index is 12.0. The Morgan fingerprint density at radius 3 is 2.58 bits per heavy atom. The highest BCUT2D eigenvalue weighted by Crippen LogP contribution is 2.31. The van der Waals surface area contributed by atoms with E-state index in [4.69, 9.17) is 4.74 Å². The number of carbonyl (C=O) groups excluding carboxylic acids is 2. The van der Waals surface area contributed by atoms with Crippen molar-refractivity contribution >= 4 is 28.6 Å². The zero-order chi connectivity index (χ0) is 17.3. The molecule has 0 aliphatic rings. The van der Waals surface area contributed by atoms with Gasteiger partial charge in [0.1, 0.15) is 16.3 Å². The van der Waals surface area contributed by atoms with E-state index in [9.17, 15) is 9.59 Å². The van der Waals surface area contributed by atoms with E-state index in [0.29, 0.717) is 33.5 Å². The van der Waals surface area contributed by atoms with Crippen LogP contribution in [0, 0.1) is 6.92 Å². The Hall–Kier alpha value is -2.47. The summed E-state index contributed by atoms with van der Waals surface area (Å²) >= 11 is 1.24. The summed E-state index contributed by atoms with van der Waals surface area (Å²) in [5.74, 6) is -0.379. The number of nitrogens with zero attached hydrogens (tertiary/aromatic N) is 2. The van der Waals surface area contributed by atoms with Gasteiger partial charge in [-0.05, 0) is 25.8 Å². The van der Waals surface area contributed by atoms with Crippen molar-refractivity contribution in [2.75, 3.05) is 6.61 Å². The van der Waals surface area contributed by atoms with Crippen LogP contribution < -0.4 is 0 Å². The number of fused-ring (bicyclic) bond motifs is 1. The molecule has 1 aromatic carbocycles. The smallest absolute Gasteiger partial charge is 0.350 e. The zero-order valence-electron chi connectivity index (χ0n) is 13.8. The molecule has 0 unspecified atom stereocenters. The third-order valence-corrected chi connectivity index (χ3v) is 5.07. The lowest BCUT2D eigenvalue weighted by Crippen LogP contribution is -2.05. The monoisotopic (exact) mass is 342 g/mol. The molecular formula is C18H18N2O3S. The molecule has 2 aromatic heterocycles. The number of aldehydes is 1. The molecule has 0 radical (unpaired) electrons. The first kappa shape index (κ1) is 16.4. The molecule has 0 aliphatic carbocycles. The summed E-state index contributed by atoms with van der Waals surface area (Å²) in [5.41, 5.74) is 3.89. The van der Waals surface area contributed by atoms with E-state index in [0.717, 1.165) is 18.3 Å². The highest BCUT2D eigenvalue weighted by molar-refractivity contribution is 7.19. The van der Waals surface area contributed by atoms with Crippen LogP contribution in [0.1, 0.15) is 45.3 Å². The number of thiazole rings is 1. The first-order valence-corrected chi connectivity index (χ1v) is 8.65. The molecule has 0 aliphatic heterocycles. The van der Waals surface area contributed by atoms with Gasteiger partial charge in [0.2, 0.25) is 0 Å². The molecule has 3 rings (SSSR count). The highest BCUT2D eigenvalue weighted by atomic mass is 32.1. The maximum Gasteiger partial charge on any atom is 0.350 e. The van der Waals surface area contributed by atoms with Crippen molar-refractivity contribution in [2.45, 2.75) is 27.2 Å². The average Bonchev–Trinajstić information content (AvgIpc) is 3.12. The molecule has 0 atom stereocenters. The minimum atomic E-state index is -0.379. The van der Waals surface area contributed by atoms with Gasteiger partial charge < -0.3 is 4.74 Å². The second kappa shape index (κ2) is 6.57. The number of rotatable bonds is 5. The first-order chi connectivity index (χ1) is 11.6. The minimum Gasteiger partial charge on any atom is -0.462 e. The third kappa shape index (κ3) is 2.63. The van der Waals surface area contributed by atoms with Crippen molar-refractivity contribution in [3.05, 3.63) is 46.1 Å². The van der Waals surface area contributed by atoms with Gasteiger partial charge in [-0.2, -0.15) is 0 Å². The summed E-state index contributed by atoms with van der Waals surface area (Å²) in [6.07, 6.45) is 1.75. The fraction of sp³-hybridized carbons (Fsp3) is 0.278. The Balaban J connectivity index is 2.13. The van der Waals surface area contributed by atoms with Gasteiger partial charge in [0.15, 0.2) is 11.2 Å². The van der Waals surface area contributed by atoms with Crippen LogP contribution in [0.5, 0.6) is 0 Å². The lowest BCUT2D eigenvalue weighted by molar-refractivity contribution is 0.0530. The van der Waals surface area contributed by atoms with Crippen LogP contribution in [-0.2, 0) is 11.2 Å². The van der Waals surface area contributed by atoms with Crippen LogP contribution in [0.4, 0.5) is 0 Å². The number of benzene rings is 1. The number of hydrogen-bond acceptors (Lipinski definition) is 5. The normalized spacial score (nSPS) is 11.0. The largest absolute Gasteiger partial charge is 0.462 e. The third-order valence-electron chi connectivity index (χ3n) is 3.95. The van der Waals surface area contributed by atoms with E-state index in [2.05, 4.69) is 11.9 Å². The molecule has 0 amide bonds. The topological polar surface area (TPSA) is 60.7 Å². The van der Waals surface area contributed by atoms with E-state index in [-0.39, 0.29) is 5.97 Å². The summed E-state index contributed by atoms with van der Waals surface area (Å²) in [7, 11) is 0. The molecule has 5 nitrogen and oxygen atoms in total. The number of aryl methyl sites for hydroxylation is 2. The van der Waals surface area contributed by atoms with Crippen molar-refractivity contribution in [3.8, 4) is 11.3 Å². The lowest BCUT2D eigenvalue weighted by Gasteiger charge is -2.03. The Morgan fingerprint density at radius 2 is 2.00 bits per heavy atom. The summed E-state index contributed by atoms with van der Waals surface area (Å²) in [4.78, 5) is 29.4. The first-order valence-electron chi connectivity index (χ1n) is 7.84. The van der Waals surface area contributed by atoms with Crippen molar-refractivity contribution < 1.29 is 14.3 Å². The maximum absolute atomic E-state index is 12.0. The van der Waals surface area contributed by atoms with Gasteiger partial charge in [-0.15, -0.1) is 0 Å². The van der Waals surface area contributed by atoms with Gasteiger partial charge in [0.05, 0.1) is 6.61 Å². The number of ether oxygens (including phenoxy) is 1. The lowest BCUT2D eigenvalue weighted by atomic mass is 10.1. The van der Waals surface area contributed by atoms with Gasteiger partial charge in [-0.25, -0.2) is 9.78 Å². The summed E-state index contributed by atoms with van der Waals surface area (Å²) in [5, 5.41) is 0. The van der Waals surface area contributed by atoms with Crippen LogP contribution >= 0.6 is 11.3 Å². The molecule has 3 aromatic rings. The summed E-state index contributed by atoms with van der Waals surface area (Å²) < 4.78 is 6.79. The fourth-order valence-corrected chi connectivity index (χ4v) is 3.70. The number of carbonyl (C=O) groups is 2. The van der Waals surface area contributed by atoms with Gasteiger partial charge in [-0.1, -0.05) is 42.5 Å². The van der Waals surface area contributed by atoms with Gasteiger partial charge >= 0.3 is 5.97 Å². The van der Waals surface area contributed by atoms with Crippen LogP contribution in [-0.4, -0.2) is 28.2 Å². The van der Waals surface area contributed by atoms with Crippen LogP contribution in [0.25, 0.3) is 16.2 Å². The summed E-state index contributed by atoms with van der Waals surface area (Å²) in [6.45, 7) is 5.97. The van der Waals surface area contributed by atoms with Gasteiger partial charge in [0.25, 0.3) is 0 Å². The number of esters is 1. The standard InChI is InChI=1S/C18H18N2O3S/c1-4-12-6-8-13(9-7-12)15-14(10-21)20-11(3)16(17(22)23-5-2)24-18(20)19-15/h6-10H,4-5H2,1-3H3. The van der Waals surface area contributed by atoms with E-state index in [1.165, 1.54) is 16.9 Å². The van der Waals surface area contributed by atoms with E-state index in [1.807, 2.05) is 24.3 Å².